The fourth-order valence-electron chi connectivity index (χ4n) is 3.99. The second-order valence-corrected chi connectivity index (χ2v) is 7.93. The third-order valence-corrected chi connectivity index (χ3v) is 5.84. The minimum atomic E-state index is -0.465. The largest absolute Gasteiger partial charge is 0.336 e. The number of halogens is 1. The average molecular weight is 436 g/mol. The molecule has 0 N–H and O–H groups in total. The molecule has 3 aromatic rings. The van der Waals surface area contributed by atoms with Crippen LogP contribution in [-0.4, -0.2) is 46.8 Å². The Hall–Kier alpha value is -3.22. The first kappa shape index (κ1) is 21.0. The van der Waals surface area contributed by atoms with E-state index in [0.717, 1.165) is 18.7 Å². The lowest BCUT2D eigenvalue weighted by atomic mass is 9.96. The summed E-state index contributed by atoms with van der Waals surface area (Å²) >= 11 is 6.09. The maximum absolute atomic E-state index is 12.9. The number of carbonyl (C=O) groups is 1. The standard InChI is InChI=1S/C24H22ClN3O3/c25-21-10-6-19(7-11-21)23(18-4-2-1-3-5-18)26-14-16-27(17-15-26)24(29)20-8-12-22(13-9-20)28(30)31/h1-13,23H,14-17H2. The smallest absolute Gasteiger partial charge is 0.269 e. The van der Waals surface area contributed by atoms with Gasteiger partial charge in [0.2, 0.25) is 0 Å². The minimum absolute atomic E-state index is 0.0185. The Bertz CT molecular complexity index is 1050. The fraction of sp³-hybridized carbons (Fsp3) is 0.208. The predicted molar refractivity (Wildman–Crippen MR) is 120 cm³/mol. The summed E-state index contributed by atoms with van der Waals surface area (Å²) < 4.78 is 0. The molecule has 1 atom stereocenters. The van der Waals surface area contributed by atoms with Crippen LogP contribution in [-0.2, 0) is 0 Å². The van der Waals surface area contributed by atoms with Gasteiger partial charge in [0.05, 0.1) is 11.0 Å². The molecule has 0 bridgehead atoms. The first-order chi connectivity index (χ1) is 15.0. The number of benzene rings is 3. The van der Waals surface area contributed by atoms with Crippen LogP contribution in [0.5, 0.6) is 0 Å². The van der Waals surface area contributed by atoms with E-state index in [1.54, 1.807) is 0 Å². The molecule has 1 amide bonds. The molecule has 1 aliphatic rings. The van der Waals surface area contributed by atoms with E-state index in [1.807, 2.05) is 35.2 Å². The third-order valence-electron chi connectivity index (χ3n) is 5.59. The minimum Gasteiger partial charge on any atom is -0.336 e. The van der Waals surface area contributed by atoms with Crippen LogP contribution in [0.15, 0.2) is 78.9 Å². The SMILES string of the molecule is O=C(c1ccc([N+](=O)[O-])cc1)N1CCN(C(c2ccccc2)c2ccc(Cl)cc2)CC1. The Balaban J connectivity index is 1.49. The molecule has 0 aliphatic carbocycles. The summed E-state index contributed by atoms with van der Waals surface area (Å²) in [5.41, 5.74) is 2.80. The molecule has 4 rings (SSSR count). The van der Waals surface area contributed by atoms with Crippen molar-refractivity contribution in [1.29, 1.82) is 0 Å². The van der Waals surface area contributed by atoms with E-state index in [-0.39, 0.29) is 17.6 Å². The van der Waals surface area contributed by atoms with Gasteiger partial charge in [-0.2, -0.15) is 0 Å². The van der Waals surface area contributed by atoms with Crippen molar-refractivity contribution in [3.63, 3.8) is 0 Å². The quantitative estimate of drug-likeness (QED) is 0.426. The highest BCUT2D eigenvalue weighted by molar-refractivity contribution is 6.30. The molecule has 1 aliphatic heterocycles. The van der Waals surface area contributed by atoms with Crippen molar-refractivity contribution in [3.05, 3.63) is 111 Å². The normalized spacial score (nSPS) is 15.5. The Kier molecular flexibility index (Phi) is 6.30. The molecule has 0 aromatic heterocycles. The first-order valence-corrected chi connectivity index (χ1v) is 10.5. The van der Waals surface area contributed by atoms with Gasteiger partial charge in [-0.15, -0.1) is 0 Å². The summed E-state index contributed by atoms with van der Waals surface area (Å²) in [6.07, 6.45) is 0. The molecule has 1 heterocycles. The molecule has 0 saturated carbocycles. The van der Waals surface area contributed by atoms with Gasteiger partial charge in [-0.25, -0.2) is 0 Å². The van der Waals surface area contributed by atoms with E-state index in [4.69, 9.17) is 11.6 Å². The van der Waals surface area contributed by atoms with Gasteiger partial charge in [-0.05, 0) is 35.4 Å². The molecule has 6 nitrogen and oxygen atoms in total. The molecule has 7 heteroatoms. The number of piperazine rings is 1. The monoisotopic (exact) mass is 435 g/mol. The van der Waals surface area contributed by atoms with Crippen LogP contribution in [0.4, 0.5) is 5.69 Å². The van der Waals surface area contributed by atoms with Crippen molar-refractivity contribution in [3.8, 4) is 0 Å². The molecule has 3 aromatic carbocycles. The van der Waals surface area contributed by atoms with Crippen molar-refractivity contribution in [2.24, 2.45) is 0 Å². The second kappa shape index (κ2) is 9.29. The van der Waals surface area contributed by atoms with Crippen LogP contribution in [0.25, 0.3) is 0 Å². The number of rotatable bonds is 5. The van der Waals surface area contributed by atoms with Gasteiger partial charge in [0, 0.05) is 48.9 Å². The summed E-state index contributed by atoms with van der Waals surface area (Å²) in [5, 5.41) is 11.5. The maximum Gasteiger partial charge on any atom is 0.269 e. The van der Waals surface area contributed by atoms with Gasteiger partial charge >= 0.3 is 0 Å². The summed E-state index contributed by atoms with van der Waals surface area (Å²) in [6.45, 7) is 2.63. The highest BCUT2D eigenvalue weighted by Gasteiger charge is 2.28. The first-order valence-electron chi connectivity index (χ1n) is 10.1. The van der Waals surface area contributed by atoms with Gasteiger partial charge in [-0.1, -0.05) is 54.1 Å². The fourth-order valence-corrected chi connectivity index (χ4v) is 4.11. The zero-order chi connectivity index (χ0) is 21.8. The zero-order valence-corrected chi connectivity index (χ0v) is 17.6. The lowest BCUT2D eigenvalue weighted by Crippen LogP contribution is -2.49. The summed E-state index contributed by atoms with van der Waals surface area (Å²) in [4.78, 5) is 27.4. The maximum atomic E-state index is 12.9. The molecular weight excluding hydrogens is 414 g/mol. The van der Waals surface area contributed by atoms with Crippen molar-refractivity contribution in [2.75, 3.05) is 26.2 Å². The zero-order valence-electron chi connectivity index (χ0n) is 16.9. The van der Waals surface area contributed by atoms with Gasteiger partial charge in [0.25, 0.3) is 11.6 Å². The van der Waals surface area contributed by atoms with Crippen molar-refractivity contribution in [2.45, 2.75) is 6.04 Å². The molecule has 1 fully saturated rings. The van der Waals surface area contributed by atoms with E-state index in [9.17, 15) is 14.9 Å². The average Bonchev–Trinajstić information content (AvgIpc) is 2.81. The number of amides is 1. The molecular formula is C24H22ClN3O3. The topological polar surface area (TPSA) is 66.7 Å². The number of nitro groups is 1. The Morgan fingerprint density at radius 3 is 2.00 bits per heavy atom. The van der Waals surface area contributed by atoms with Crippen molar-refractivity contribution in [1.82, 2.24) is 9.80 Å². The molecule has 1 unspecified atom stereocenters. The Morgan fingerprint density at radius 2 is 1.42 bits per heavy atom. The van der Waals surface area contributed by atoms with Gasteiger partial charge in [0.1, 0.15) is 0 Å². The number of carbonyl (C=O) groups excluding carboxylic acids is 1. The number of hydrogen-bond donors (Lipinski definition) is 0. The van der Waals surface area contributed by atoms with Crippen LogP contribution in [0.2, 0.25) is 5.02 Å². The van der Waals surface area contributed by atoms with Crippen LogP contribution in [0.1, 0.15) is 27.5 Å². The van der Waals surface area contributed by atoms with Crippen molar-refractivity contribution >= 4 is 23.2 Å². The summed E-state index contributed by atoms with van der Waals surface area (Å²) in [7, 11) is 0. The lowest BCUT2D eigenvalue weighted by molar-refractivity contribution is -0.384. The van der Waals surface area contributed by atoms with Crippen LogP contribution >= 0.6 is 11.6 Å². The lowest BCUT2D eigenvalue weighted by Gasteiger charge is -2.39. The number of nitrogens with zero attached hydrogens (tertiary/aromatic N) is 3. The van der Waals surface area contributed by atoms with E-state index >= 15 is 0 Å². The summed E-state index contributed by atoms with van der Waals surface area (Å²) in [5.74, 6) is -0.0997. The molecule has 31 heavy (non-hydrogen) atoms. The highest BCUT2D eigenvalue weighted by Crippen LogP contribution is 2.30. The Morgan fingerprint density at radius 1 is 0.839 bits per heavy atom. The second-order valence-electron chi connectivity index (χ2n) is 7.50. The van der Waals surface area contributed by atoms with Gasteiger partial charge in [-0.3, -0.25) is 19.8 Å². The number of nitro benzene ring substituents is 1. The number of non-ortho nitro benzene ring substituents is 1. The van der Waals surface area contributed by atoms with E-state index < -0.39 is 4.92 Å². The highest BCUT2D eigenvalue weighted by atomic mass is 35.5. The van der Waals surface area contributed by atoms with Crippen LogP contribution < -0.4 is 0 Å². The van der Waals surface area contributed by atoms with Crippen LogP contribution in [0.3, 0.4) is 0 Å². The summed E-state index contributed by atoms with van der Waals surface area (Å²) in [6, 6.07) is 24.1. The molecule has 158 valence electrons. The molecule has 1 saturated heterocycles. The third kappa shape index (κ3) is 4.76. The van der Waals surface area contributed by atoms with Gasteiger partial charge < -0.3 is 4.90 Å². The van der Waals surface area contributed by atoms with E-state index in [2.05, 4.69) is 29.2 Å². The predicted octanol–water partition coefficient (Wildman–Crippen LogP) is 4.80. The molecule has 0 radical (unpaired) electrons. The van der Waals surface area contributed by atoms with Gasteiger partial charge in [0.15, 0.2) is 0 Å². The van der Waals surface area contributed by atoms with E-state index in [1.165, 1.54) is 29.8 Å². The van der Waals surface area contributed by atoms with E-state index in [0.29, 0.717) is 23.7 Å². The van der Waals surface area contributed by atoms with Crippen molar-refractivity contribution < 1.29 is 9.72 Å². The van der Waals surface area contributed by atoms with Crippen LogP contribution in [0, 0.1) is 10.1 Å². The molecule has 0 spiro atoms. The number of hydrogen-bond acceptors (Lipinski definition) is 4. The Labute approximate surface area is 185 Å².